The predicted octanol–water partition coefficient (Wildman–Crippen LogP) is 3.92. The molecular formula is C25H26N4O4. The number of amides is 3. The third kappa shape index (κ3) is 6.00. The van der Waals surface area contributed by atoms with Crippen LogP contribution in [0.25, 0.3) is 0 Å². The molecule has 0 bridgehead atoms. The Bertz CT molecular complexity index is 1150. The van der Waals surface area contributed by atoms with Crippen LogP contribution in [0.3, 0.4) is 0 Å². The number of hydrogen-bond donors (Lipinski definition) is 4. The van der Waals surface area contributed by atoms with E-state index in [9.17, 15) is 14.4 Å². The Morgan fingerprint density at radius 2 is 1.76 bits per heavy atom. The topological polar surface area (TPSA) is 112 Å². The summed E-state index contributed by atoms with van der Waals surface area (Å²) in [7, 11) is 0. The first kappa shape index (κ1) is 22.1. The first-order valence-corrected chi connectivity index (χ1v) is 10.8. The number of carbonyl (C=O) groups excluding carboxylic acids is 3. The van der Waals surface area contributed by atoms with E-state index < -0.39 is 0 Å². The lowest BCUT2D eigenvalue weighted by molar-refractivity contribution is -0.117. The Balaban J connectivity index is 1.30. The van der Waals surface area contributed by atoms with E-state index in [0.717, 1.165) is 29.8 Å². The van der Waals surface area contributed by atoms with Crippen LogP contribution in [0.15, 0.2) is 65.3 Å². The van der Waals surface area contributed by atoms with Gasteiger partial charge in [-0.2, -0.15) is 0 Å². The molecule has 1 aromatic heterocycles. The maximum absolute atomic E-state index is 12.5. The molecule has 4 N–H and O–H groups in total. The average Bonchev–Trinajstić information content (AvgIpc) is 3.54. The van der Waals surface area contributed by atoms with Crippen molar-refractivity contribution in [1.82, 2.24) is 5.32 Å². The number of carbonyl (C=O) groups is 3. The van der Waals surface area contributed by atoms with Crippen molar-refractivity contribution in [3.63, 3.8) is 0 Å². The molecule has 0 radical (unpaired) electrons. The average molecular weight is 447 g/mol. The third-order valence-corrected chi connectivity index (χ3v) is 5.39. The minimum atomic E-state index is -0.263. The van der Waals surface area contributed by atoms with Crippen LogP contribution in [0, 0.1) is 12.8 Å². The number of nitrogens with one attached hydrogen (secondary N) is 4. The molecule has 2 aromatic carbocycles. The maximum Gasteiger partial charge on any atom is 0.251 e. The Kier molecular flexibility index (Phi) is 6.73. The fraction of sp³-hybridized carbons (Fsp3) is 0.240. The van der Waals surface area contributed by atoms with E-state index in [4.69, 9.17) is 4.42 Å². The van der Waals surface area contributed by atoms with Crippen LogP contribution in [-0.4, -0.2) is 24.3 Å². The van der Waals surface area contributed by atoms with Gasteiger partial charge in [-0.3, -0.25) is 14.4 Å². The molecule has 3 amide bonds. The molecule has 33 heavy (non-hydrogen) atoms. The molecule has 0 aliphatic heterocycles. The molecule has 1 saturated carbocycles. The Hall–Kier alpha value is -4.07. The largest absolute Gasteiger partial charge is 0.467 e. The molecule has 3 aromatic rings. The molecule has 170 valence electrons. The van der Waals surface area contributed by atoms with Crippen LogP contribution in [0.5, 0.6) is 0 Å². The first-order valence-electron chi connectivity index (χ1n) is 10.8. The van der Waals surface area contributed by atoms with Gasteiger partial charge in [0, 0.05) is 28.5 Å². The highest BCUT2D eigenvalue weighted by atomic mass is 16.3. The highest BCUT2D eigenvalue weighted by molar-refractivity contribution is 5.98. The molecule has 0 atom stereocenters. The SMILES string of the molecule is Cc1c(NCC(=O)Nc2cccc(C(=O)NCc3ccco3)c2)cccc1NC(=O)C1CC1. The standard InChI is InChI=1S/C25H26N4O4/c1-16-21(8-3-9-22(16)29-25(32)17-10-11-17)26-15-23(30)28-19-6-2-5-18(13-19)24(31)27-14-20-7-4-12-33-20/h2-9,12-13,17,26H,10-11,14-15H2,1H3,(H,27,31)(H,28,30)(H,29,32). The van der Waals surface area contributed by atoms with Crippen molar-refractivity contribution in [3.05, 3.63) is 77.7 Å². The van der Waals surface area contributed by atoms with E-state index in [0.29, 0.717) is 17.0 Å². The smallest absolute Gasteiger partial charge is 0.251 e. The molecule has 4 rings (SSSR count). The van der Waals surface area contributed by atoms with Crippen molar-refractivity contribution in [2.24, 2.45) is 5.92 Å². The van der Waals surface area contributed by atoms with Gasteiger partial charge in [0.15, 0.2) is 0 Å². The Morgan fingerprint density at radius 3 is 2.52 bits per heavy atom. The quantitative estimate of drug-likeness (QED) is 0.398. The summed E-state index contributed by atoms with van der Waals surface area (Å²) in [6, 6.07) is 15.8. The van der Waals surface area contributed by atoms with Crippen LogP contribution in [-0.2, 0) is 16.1 Å². The fourth-order valence-electron chi connectivity index (χ4n) is 3.34. The van der Waals surface area contributed by atoms with E-state index >= 15 is 0 Å². The summed E-state index contributed by atoms with van der Waals surface area (Å²) in [6.45, 7) is 2.22. The van der Waals surface area contributed by atoms with Crippen molar-refractivity contribution in [1.29, 1.82) is 0 Å². The molecule has 0 spiro atoms. The normalized spacial score (nSPS) is 12.6. The zero-order chi connectivity index (χ0) is 23.2. The number of furan rings is 1. The second kappa shape index (κ2) is 10.0. The Labute approximate surface area is 191 Å². The number of anilines is 3. The molecular weight excluding hydrogens is 420 g/mol. The number of rotatable bonds is 9. The van der Waals surface area contributed by atoms with Gasteiger partial charge in [0.25, 0.3) is 5.91 Å². The van der Waals surface area contributed by atoms with E-state index in [-0.39, 0.29) is 36.7 Å². The van der Waals surface area contributed by atoms with Gasteiger partial charge in [-0.05, 0) is 67.8 Å². The highest BCUT2D eigenvalue weighted by Gasteiger charge is 2.29. The molecule has 8 nitrogen and oxygen atoms in total. The second-order valence-electron chi connectivity index (χ2n) is 7.99. The molecule has 1 heterocycles. The summed E-state index contributed by atoms with van der Waals surface area (Å²) in [5.74, 6) is 0.303. The minimum Gasteiger partial charge on any atom is -0.467 e. The van der Waals surface area contributed by atoms with Gasteiger partial charge in [0.1, 0.15) is 5.76 Å². The van der Waals surface area contributed by atoms with E-state index in [1.54, 1.807) is 42.7 Å². The molecule has 0 saturated heterocycles. The van der Waals surface area contributed by atoms with Gasteiger partial charge in [0.05, 0.1) is 19.4 Å². The van der Waals surface area contributed by atoms with Gasteiger partial charge in [-0.1, -0.05) is 12.1 Å². The van der Waals surface area contributed by atoms with Crippen molar-refractivity contribution in [3.8, 4) is 0 Å². The number of hydrogen-bond acceptors (Lipinski definition) is 5. The summed E-state index contributed by atoms with van der Waals surface area (Å²) in [4.78, 5) is 36.9. The fourth-order valence-corrected chi connectivity index (χ4v) is 3.34. The summed E-state index contributed by atoms with van der Waals surface area (Å²) in [5.41, 5.74) is 3.33. The van der Waals surface area contributed by atoms with E-state index in [1.807, 2.05) is 25.1 Å². The van der Waals surface area contributed by atoms with Crippen molar-refractivity contribution < 1.29 is 18.8 Å². The van der Waals surface area contributed by atoms with Crippen molar-refractivity contribution in [2.75, 3.05) is 22.5 Å². The molecule has 1 fully saturated rings. The van der Waals surface area contributed by atoms with Gasteiger partial charge in [-0.25, -0.2) is 0 Å². The van der Waals surface area contributed by atoms with Crippen molar-refractivity contribution >= 4 is 34.8 Å². The lowest BCUT2D eigenvalue weighted by atomic mass is 10.1. The van der Waals surface area contributed by atoms with Crippen LogP contribution < -0.4 is 21.3 Å². The zero-order valence-corrected chi connectivity index (χ0v) is 18.3. The molecule has 1 aliphatic rings. The second-order valence-corrected chi connectivity index (χ2v) is 7.99. The third-order valence-electron chi connectivity index (χ3n) is 5.39. The molecule has 0 unspecified atom stereocenters. The van der Waals surface area contributed by atoms with Gasteiger partial charge >= 0.3 is 0 Å². The van der Waals surface area contributed by atoms with E-state index in [2.05, 4.69) is 21.3 Å². The summed E-state index contributed by atoms with van der Waals surface area (Å²) < 4.78 is 5.21. The van der Waals surface area contributed by atoms with Crippen LogP contribution >= 0.6 is 0 Å². The first-order chi connectivity index (χ1) is 16.0. The van der Waals surface area contributed by atoms with Gasteiger partial charge in [0.2, 0.25) is 11.8 Å². The lowest BCUT2D eigenvalue weighted by Gasteiger charge is -2.14. The van der Waals surface area contributed by atoms with Gasteiger partial charge < -0.3 is 25.7 Å². The Morgan fingerprint density at radius 1 is 0.970 bits per heavy atom. The van der Waals surface area contributed by atoms with Gasteiger partial charge in [-0.15, -0.1) is 0 Å². The lowest BCUT2D eigenvalue weighted by Crippen LogP contribution is -2.24. The summed E-state index contributed by atoms with van der Waals surface area (Å²) in [5, 5.41) is 11.6. The highest BCUT2D eigenvalue weighted by Crippen LogP contribution is 2.31. The molecule has 8 heteroatoms. The van der Waals surface area contributed by atoms with Crippen LogP contribution in [0.1, 0.15) is 34.5 Å². The minimum absolute atomic E-state index is 0.0375. The summed E-state index contributed by atoms with van der Waals surface area (Å²) >= 11 is 0. The monoisotopic (exact) mass is 446 g/mol. The van der Waals surface area contributed by atoms with Crippen LogP contribution in [0.2, 0.25) is 0 Å². The maximum atomic E-state index is 12.5. The van der Waals surface area contributed by atoms with Crippen LogP contribution in [0.4, 0.5) is 17.1 Å². The molecule has 1 aliphatic carbocycles. The number of benzene rings is 2. The summed E-state index contributed by atoms with van der Waals surface area (Å²) in [6.07, 6.45) is 3.43. The zero-order valence-electron chi connectivity index (χ0n) is 18.3. The predicted molar refractivity (Wildman–Crippen MR) is 126 cm³/mol. The van der Waals surface area contributed by atoms with Crippen molar-refractivity contribution in [2.45, 2.75) is 26.3 Å². The van der Waals surface area contributed by atoms with E-state index in [1.165, 1.54) is 0 Å².